The van der Waals surface area contributed by atoms with Gasteiger partial charge in [0.05, 0.1) is 0 Å². The second kappa shape index (κ2) is 7.87. The highest BCUT2D eigenvalue weighted by molar-refractivity contribution is 5.94. The van der Waals surface area contributed by atoms with Crippen LogP contribution in [0.15, 0.2) is 48.8 Å². The van der Waals surface area contributed by atoms with E-state index in [0.29, 0.717) is 30.6 Å². The molecule has 0 aliphatic heterocycles. The van der Waals surface area contributed by atoms with Crippen molar-refractivity contribution in [3.05, 3.63) is 65.7 Å². The second-order valence-electron chi connectivity index (χ2n) is 4.61. The van der Waals surface area contributed by atoms with E-state index in [2.05, 4.69) is 15.6 Å². The van der Waals surface area contributed by atoms with E-state index in [1.807, 2.05) is 0 Å². The summed E-state index contributed by atoms with van der Waals surface area (Å²) in [6, 6.07) is 8.59. The van der Waals surface area contributed by atoms with E-state index in [4.69, 9.17) is 0 Å². The van der Waals surface area contributed by atoms with Gasteiger partial charge in [-0.1, -0.05) is 0 Å². The first-order valence-corrected chi connectivity index (χ1v) is 6.89. The number of benzene rings is 1. The van der Waals surface area contributed by atoms with Crippen molar-refractivity contribution in [3.8, 4) is 0 Å². The number of halogens is 1. The number of hydrogen-bond acceptors (Lipinski definition) is 3. The molecule has 2 amide bonds. The molecule has 2 rings (SSSR count). The summed E-state index contributed by atoms with van der Waals surface area (Å²) in [5.41, 5.74) is 0.951. The molecule has 5 nitrogen and oxygen atoms in total. The van der Waals surface area contributed by atoms with E-state index >= 15 is 0 Å². The Bertz CT molecular complexity index is 630. The Morgan fingerprint density at radius 1 is 0.864 bits per heavy atom. The molecule has 0 bridgehead atoms. The lowest BCUT2D eigenvalue weighted by Gasteiger charge is -2.07. The predicted molar refractivity (Wildman–Crippen MR) is 79.9 cm³/mol. The van der Waals surface area contributed by atoms with Gasteiger partial charge in [-0.15, -0.1) is 0 Å². The predicted octanol–water partition coefficient (Wildman–Crippen LogP) is 1.77. The van der Waals surface area contributed by atoms with Gasteiger partial charge in [-0.2, -0.15) is 0 Å². The molecular weight excluding hydrogens is 285 g/mol. The Kier molecular flexibility index (Phi) is 5.59. The average molecular weight is 301 g/mol. The summed E-state index contributed by atoms with van der Waals surface area (Å²) in [5, 5.41) is 5.46. The van der Waals surface area contributed by atoms with E-state index in [-0.39, 0.29) is 17.6 Å². The first kappa shape index (κ1) is 15.6. The Morgan fingerprint density at radius 2 is 1.36 bits per heavy atom. The van der Waals surface area contributed by atoms with Gasteiger partial charge in [-0.3, -0.25) is 14.6 Å². The van der Waals surface area contributed by atoms with E-state index in [1.165, 1.54) is 24.3 Å². The van der Waals surface area contributed by atoms with Crippen LogP contribution >= 0.6 is 0 Å². The van der Waals surface area contributed by atoms with Crippen LogP contribution in [0.3, 0.4) is 0 Å². The molecule has 6 heteroatoms. The molecule has 0 aliphatic rings. The molecule has 1 heterocycles. The number of carbonyl (C=O) groups is 2. The van der Waals surface area contributed by atoms with Crippen LogP contribution in [0.2, 0.25) is 0 Å². The third kappa shape index (κ3) is 4.66. The lowest BCUT2D eigenvalue weighted by atomic mass is 10.2. The molecule has 0 radical (unpaired) electrons. The van der Waals surface area contributed by atoms with E-state index in [0.717, 1.165) is 0 Å². The van der Waals surface area contributed by atoms with Gasteiger partial charge in [-0.25, -0.2) is 4.39 Å². The first-order valence-electron chi connectivity index (χ1n) is 6.89. The number of nitrogens with one attached hydrogen (secondary N) is 2. The molecule has 1 aromatic carbocycles. The summed E-state index contributed by atoms with van der Waals surface area (Å²) < 4.78 is 12.7. The molecule has 22 heavy (non-hydrogen) atoms. The monoisotopic (exact) mass is 301 g/mol. The number of pyridine rings is 1. The number of nitrogens with zero attached hydrogens (tertiary/aromatic N) is 1. The molecule has 0 aliphatic carbocycles. The highest BCUT2D eigenvalue weighted by atomic mass is 19.1. The van der Waals surface area contributed by atoms with Gasteiger partial charge >= 0.3 is 0 Å². The van der Waals surface area contributed by atoms with Crippen molar-refractivity contribution >= 4 is 11.8 Å². The van der Waals surface area contributed by atoms with Gasteiger partial charge in [0.25, 0.3) is 11.8 Å². The van der Waals surface area contributed by atoms with Crippen molar-refractivity contribution in [2.75, 3.05) is 13.1 Å². The quantitative estimate of drug-likeness (QED) is 0.799. The second-order valence-corrected chi connectivity index (χ2v) is 4.61. The largest absolute Gasteiger partial charge is 0.352 e. The van der Waals surface area contributed by atoms with Crippen molar-refractivity contribution in [2.24, 2.45) is 0 Å². The van der Waals surface area contributed by atoms with Gasteiger partial charge in [0.2, 0.25) is 0 Å². The topological polar surface area (TPSA) is 71.1 Å². The lowest BCUT2D eigenvalue weighted by Crippen LogP contribution is -2.29. The number of rotatable bonds is 6. The number of aromatic nitrogens is 1. The minimum Gasteiger partial charge on any atom is -0.352 e. The zero-order valence-corrected chi connectivity index (χ0v) is 11.9. The van der Waals surface area contributed by atoms with Crippen molar-refractivity contribution in [2.45, 2.75) is 6.42 Å². The van der Waals surface area contributed by atoms with Crippen LogP contribution in [0.5, 0.6) is 0 Å². The lowest BCUT2D eigenvalue weighted by molar-refractivity contribution is 0.0951. The molecule has 0 spiro atoms. The SMILES string of the molecule is O=C(NCCCNC(=O)c1ccc(F)cc1)c1ccncc1. The Balaban J connectivity index is 1.66. The Hall–Kier alpha value is -2.76. The third-order valence-electron chi connectivity index (χ3n) is 2.97. The summed E-state index contributed by atoms with van der Waals surface area (Å²) in [6.45, 7) is 0.873. The first-order chi connectivity index (χ1) is 10.7. The summed E-state index contributed by atoms with van der Waals surface area (Å²) in [4.78, 5) is 27.3. The molecule has 2 aromatic rings. The van der Waals surface area contributed by atoms with Crippen LogP contribution in [0.4, 0.5) is 4.39 Å². The van der Waals surface area contributed by atoms with Crippen LogP contribution < -0.4 is 10.6 Å². The standard InChI is InChI=1S/C16H16FN3O2/c17-14-4-2-12(3-5-14)15(21)19-8-1-9-20-16(22)13-6-10-18-11-7-13/h2-7,10-11H,1,8-9H2,(H,19,21)(H,20,22). The summed E-state index contributed by atoms with van der Waals surface area (Å²) in [7, 11) is 0. The Labute approximate surface area is 127 Å². The average Bonchev–Trinajstić information content (AvgIpc) is 2.55. The molecule has 0 atom stereocenters. The minimum absolute atomic E-state index is 0.174. The van der Waals surface area contributed by atoms with Crippen LogP contribution in [0, 0.1) is 5.82 Å². The van der Waals surface area contributed by atoms with Crippen molar-refractivity contribution < 1.29 is 14.0 Å². The zero-order chi connectivity index (χ0) is 15.8. The molecular formula is C16H16FN3O2. The highest BCUT2D eigenvalue weighted by Crippen LogP contribution is 2.02. The summed E-state index contributed by atoms with van der Waals surface area (Å²) >= 11 is 0. The Morgan fingerprint density at radius 3 is 1.91 bits per heavy atom. The number of hydrogen-bond donors (Lipinski definition) is 2. The molecule has 0 unspecified atom stereocenters. The molecule has 0 saturated heterocycles. The van der Waals surface area contributed by atoms with Crippen LogP contribution in [-0.4, -0.2) is 29.9 Å². The van der Waals surface area contributed by atoms with Crippen LogP contribution in [-0.2, 0) is 0 Å². The molecule has 2 N–H and O–H groups in total. The number of amides is 2. The minimum atomic E-state index is -0.379. The van der Waals surface area contributed by atoms with Gasteiger partial charge < -0.3 is 10.6 Å². The van der Waals surface area contributed by atoms with Gasteiger partial charge in [0.15, 0.2) is 0 Å². The smallest absolute Gasteiger partial charge is 0.251 e. The van der Waals surface area contributed by atoms with Gasteiger partial charge in [0, 0.05) is 36.6 Å². The summed E-state index contributed by atoms with van der Waals surface area (Å²) in [6.07, 6.45) is 3.71. The maximum absolute atomic E-state index is 12.7. The zero-order valence-electron chi connectivity index (χ0n) is 11.9. The van der Waals surface area contributed by atoms with Crippen molar-refractivity contribution in [3.63, 3.8) is 0 Å². The normalized spacial score (nSPS) is 10.0. The van der Waals surface area contributed by atoms with Crippen molar-refractivity contribution in [1.29, 1.82) is 0 Å². The highest BCUT2D eigenvalue weighted by Gasteiger charge is 2.05. The summed E-state index contributed by atoms with van der Waals surface area (Å²) in [5.74, 6) is -0.817. The maximum atomic E-state index is 12.7. The van der Waals surface area contributed by atoms with E-state index < -0.39 is 0 Å². The van der Waals surface area contributed by atoms with Crippen molar-refractivity contribution in [1.82, 2.24) is 15.6 Å². The molecule has 1 aromatic heterocycles. The van der Waals surface area contributed by atoms with Crippen LogP contribution in [0.25, 0.3) is 0 Å². The fourth-order valence-corrected chi connectivity index (χ4v) is 1.80. The molecule has 0 saturated carbocycles. The van der Waals surface area contributed by atoms with Gasteiger partial charge in [0.1, 0.15) is 5.82 Å². The number of carbonyl (C=O) groups excluding carboxylic acids is 2. The van der Waals surface area contributed by atoms with E-state index in [1.54, 1.807) is 24.5 Å². The molecule has 114 valence electrons. The van der Waals surface area contributed by atoms with E-state index in [9.17, 15) is 14.0 Å². The molecule has 0 fully saturated rings. The fourth-order valence-electron chi connectivity index (χ4n) is 1.80. The maximum Gasteiger partial charge on any atom is 0.251 e. The van der Waals surface area contributed by atoms with Crippen LogP contribution in [0.1, 0.15) is 27.1 Å². The van der Waals surface area contributed by atoms with Gasteiger partial charge in [-0.05, 0) is 42.8 Å². The fraction of sp³-hybridized carbons (Fsp3) is 0.188. The third-order valence-corrected chi connectivity index (χ3v) is 2.97.